The molecule has 2 aromatic carbocycles. The molecule has 1 unspecified atom stereocenters. The van der Waals surface area contributed by atoms with Crippen LogP contribution >= 0.6 is 29.6 Å². The van der Waals surface area contributed by atoms with Crippen LogP contribution in [0.25, 0.3) is 5.57 Å². The molecular weight excluding hydrogens is 410 g/mol. The summed E-state index contributed by atoms with van der Waals surface area (Å²) in [6.07, 6.45) is 0. The maximum absolute atomic E-state index is 13.0. The first-order valence-electron chi connectivity index (χ1n) is 9.71. The lowest BCUT2D eigenvalue weighted by molar-refractivity contribution is 0.497. The number of halogens is 2. The zero-order chi connectivity index (χ0) is 20.8. The van der Waals surface area contributed by atoms with E-state index in [1.54, 1.807) is 5.82 Å². The van der Waals surface area contributed by atoms with E-state index in [2.05, 4.69) is 41.5 Å². The molecule has 0 fully saturated rings. The molecule has 0 amide bonds. The highest BCUT2D eigenvalue weighted by molar-refractivity contribution is 7.88. The number of hydrogen-bond acceptors (Lipinski definition) is 2. The zero-order valence-corrected chi connectivity index (χ0v) is 19.6. The van der Waals surface area contributed by atoms with Crippen molar-refractivity contribution in [3.05, 3.63) is 69.0 Å². The van der Waals surface area contributed by atoms with Crippen LogP contribution in [0.2, 0.25) is 5.02 Å². The average Bonchev–Trinajstić information content (AvgIpc) is 2.59. The summed E-state index contributed by atoms with van der Waals surface area (Å²) < 4.78 is 19.0. The van der Waals surface area contributed by atoms with Crippen molar-refractivity contribution in [3.8, 4) is 5.75 Å². The summed E-state index contributed by atoms with van der Waals surface area (Å²) in [6, 6.07) is 9.89. The Morgan fingerprint density at radius 3 is 1.89 bits per heavy atom. The molecule has 150 valence electrons. The fourth-order valence-electron chi connectivity index (χ4n) is 4.00. The van der Waals surface area contributed by atoms with E-state index in [-0.39, 0.29) is 17.8 Å². The van der Waals surface area contributed by atoms with Crippen molar-refractivity contribution in [1.82, 2.24) is 0 Å². The fraction of sp³-hybridized carbons (Fsp3) is 0.391. The lowest BCUT2D eigenvalue weighted by Crippen LogP contribution is -2.13. The minimum atomic E-state index is -3.46. The Hall–Kier alpha value is -1.21. The molecule has 0 N–H and O–H groups in total. The van der Waals surface area contributed by atoms with Crippen molar-refractivity contribution in [2.75, 3.05) is 0 Å². The Morgan fingerprint density at radius 2 is 1.39 bits per heavy atom. The Labute approximate surface area is 178 Å². The first kappa shape index (κ1) is 21.5. The molecule has 28 heavy (non-hydrogen) atoms. The lowest BCUT2D eigenvalue weighted by atomic mass is 9.80. The van der Waals surface area contributed by atoms with Crippen molar-refractivity contribution < 1.29 is 9.09 Å². The van der Waals surface area contributed by atoms with Gasteiger partial charge in [0.2, 0.25) is 0 Å². The first-order valence-corrected chi connectivity index (χ1v) is 12.7. The molecule has 1 aliphatic heterocycles. The quantitative estimate of drug-likeness (QED) is 0.446. The van der Waals surface area contributed by atoms with Gasteiger partial charge in [-0.3, -0.25) is 4.57 Å². The van der Waals surface area contributed by atoms with Gasteiger partial charge in [0, 0.05) is 27.5 Å². The molecule has 0 radical (unpaired) electrons. The van der Waals surface area contributed by atoms with Crippen molar-refractivity contribution in [3.63, 3.8) is 0 Å². The molecule has 0 aliphatic carbocycles. The molecule has 0 spiro atoms. The molecule has 0 bridgehead atoms. The first-order chi connectivity index (χ1) is 13.0. The van der Waals surface area contributed by atoms with Crippen LogP contribution in [-0.2, 0) is 4.57 Å². The SMILES string of the molecule is CC(C)c1c(Cl)c(C(C)C)c(C(C)C)c2c1C(c1ccccc1)=CP(=O)(Cl)O2. The smallest absolute Gasteiger partial charge is 0.360 e. The summed E-state index contributed by atoms with van der Waals surface area (Å²) in [6.45, 7) is 9.26. The van der Waals surface area contributed by atoms with Gasteiger partial charge in [0.1, 0.15) is 5.75 Å². The Bertz CT molecular complexity index is 976. The van der Waals surface area contributed by atoms with Gasteiger partial charge >= 0.3 is 6.72 Å². The normalized spacial score (nSPS) is 19.0. The van der Waals surface area contributed by atoms with Gasteiger partial charge in [0.05, 0.1) is 0 Å². The van der Waals surface area contributed by atoms with Crippen LogP contribution in [-0.4, -0.2) is 0 Å². The van der Waals surface area contributed by atoms with E-state index in [9.17, 15) is 4.57 Å². The predicted molar refractivity (Wildman–Crippen MR) is 121 cm³/mol. The molecule has 0 saturated carbocycles. The van der Waals surface area contributed by atoms with Crippen molar-refractivity contribution in [1.29, 1.82) is 0 Å². The summed E-state index contributed by atoms with van der Waals surface area (Å²) in [5.74, 6) is 2.73. The average molecular weight is 437 g/mol. The van der Waals surface area contributed by atoms with Gasteiger partial charge in [-0.1, -0.05) is 83.5 Å². The third-order valence-corrected chi connectivity index (χ3v) is 6.99. The fourth-order valence-corrected chi connectivity index (χ4v) is 6.21. The number of hydrogen-bond donors (Lipinski definition) is 0. The highest BCUT2D eigenvalue weighted by Gasteiger charge is 2.37. The molecule has 1 atom stereocenters. The lowest BCUT2D eigenvalue weighted by Gasteiger charge is -2.33. The minimum absolute atomic E-state index is 0.150. The highest BCUT2D eigenvalue weighted by Crippen LogP contribution is 2.64. The molecule has 1 aliphatic rings. The molecule has 1 heterocycles. The Balaban J connectivity index is 2.52. The van der Waals surface area contributed by atoms with Gasteiger partial charge in [-0.15, -0.1) is 0 Å². The standard InChI is InChI=1S/C23H27Cl2O2P/c1-13(2)18-20(15(5)6)23-21(19(14(3)4)22(18)24)17(12-28(25,26)27-23)16-10-8-7-9-11-16/h7-15H,1-6H3. The van der Waals surface area contributed by atoms with Crippen LogP contribution in [0.4, 0.5) is 0 Å². The van der Waals surface area contributed by atoms with Crippen LogP contribution < -0.4 is 4.52 Å². The Kier molecular flexibility index (Phi) is 6.07. The van der Waals surface area contributed by atoms with Crippen LogP contribution in [0.3, 0.4) is 0 Å². The molecule has 3 rings (SSSR count). The van der Waals surface area contributed by atoms with Gasteiger partial charge in [-0.25, -0.2) is 0 Å². The minimum Gasteiger partial charge on any atom is -0.429 e. The molecular formula is C23H27Cl2O2P. The third-order valence-electron chi connectivity index (χ3n) is 5.09. The molecule has 0 aromatic heterocycles. The predicted octanol–water partition coefficient (Wildman–Crippen LogP) is 8.92. The Morgan fingerprint density at radius 1 is 0.857 bits per heavy atom. The van der Waals surface area contributed by atoms with Crippen LogP contribution in [0.15, 0.2) is 36.1 Å². The van der Waals surface area contributed by atoms with Crippen LogP contribution in [0.1, 0.15) is 87.1 Å². The third kappa shape index (κ3) is 3.80. The van der Waals surface area contributed by atoms with E-state index in [0.717, 1.165) is 38.4 Å². The summed E-state index contributed by atoms with van der Waals surface area (Å²) in [5.41, 5.74) is 5.80. The van der Waals surface area contributed by atoms with Gasteiger partial charge < -0.3 is 4.52 Å². The molecule has 0 saturated heterocycles. The second kappa shape index (κ2) is 7.90. The van der Waals surface area contributed by atoms with E-state index >= 15 is 0 Å². The second-order valence-corrected chi connectivity index (χ2v) is 11.5. The van der Waals surface area contributed by atoms with E-state index in [4.69, 9.17) is 27.4 Å². The summed E-state index contributed by atoms with van der Waals surface area (Å²) >= 11 is 13.4. The largest absolute Gasteiger partial charge is 0.429 e. The van der Waals surface area contributed by atoms with Gasteiger partial charge in [-0.2, -0.15) is 0 Å². The maximum atomic E-state index is 13.0. The topological polar surface area (TPSA) is 26.3 Å². The van der Waals surface area contributed by atoms with Crippen LogP contribution in [0, 0.1) is 0 Å². The summed E-state index contributed by atoms with van der Waals surface area (Å²) in [7, 11) is 0. The number of rotatable bonds is 4. The summed E-state index contributed by atoms with van der Waals surface area (Å²) in [4.78, 5) is 0. The van der Waals surface area contributed by atoms with E-state index in [1.807, 2.05) is 30.3 Å². The second-order valence-electron chi connectivity index (χ2n) is 8.24. The van der Waals surface area contributed by atoms with E-state index in [0.29, 0.717) is 5.75 Å². The van der Waals surface area contributed by atoms with Gasteiger partial charge in [-0.05, 0) is 45.7 Å². The van der Waals surface area contributed by atoms with E-state index in [1.165, 1.54) is 0 Å². The van der Waals surface area contributed by atoms with Gasteiger partial charge in [0.25, 0.3) is 0 Å². The van der Waals surface area contributed by atoms with Gasteiger partial charge in [0.15, 0.2) is 0 Å². The van der Waals surface area contributed by atoms with Crippen molar-refractivity contribution in [2.45, 2.75) is 59.3 Å². The van der Waals surface area contributed by atoms with Crippen LogP contribution in [0.5, 0.6) is 5.75 Å². The number of fused-ring (bicyclic) bond motifs is 1. The zero-order valence-electron chi connectivity index (χ0n) is 17.2. The van der Waals surface area contributed by atoms with E-state index < -0.39 is 6.72 Å². The van der Waals surface area contributed by atoms with Crippen molar-refractivity contribution in [2.24, 2.45) is 0 Å². The number of benzene rings is 2. The monoisotopic (exact) mass is 436 g/mol. The maximum Gasteiger partial charge on any atom is 0.360 e. The highest BCUT2D eigenvalue weighted by atomic mass is 35.7. The molecule has 2 aromatic rings. The summed E-state index contributed by atoms with van der Waals surface area (Å²) in [5, 5.41) is 0.782. The molecule has 5 heteroatoms. The van der Waals surface area contributed by atoms with Crippen molar-refractivity contribution >= 4 is 35.1 Å². The molecule has 2 nitrogen and oxygen atoms in total.